The number of nitrogen functional groups attached to an aromatic ring is 2. The summed E-state index contributed by atoms with van der Waals surface area (Å²) in [7, 11) is 0. The van der Waals surface area contributed by atoms with Crippen molar-refractivity contribution in [2.24, 2.45) is 0 Å². The molecule has 1 aromatic heterocycles. The summed E-state index contributed by atoms with van der Waals surface area (Å²) in [6.07, 6.45) is 0. The molecule has 0 aliphatic heterocycles. The maximum Gasteiger partial charge on any atom is 0.271 e. The molecule has 15 heavy (non-hydrogen) atoms. The lowest BCUT2D eigenvalue weighted by Gasteiger charge is -2.05. The number of benzene rings is 1. The third-order valence-electron chi connectivity index (χ3n) is 2.21. The first-order chi connectivity index (χ1) is 7.18. The highest BCUT2D eigenvalue weighted by molar-refractivity contribution is 5.65. The third kappa shape index (κ3) is 1.69. The molecule has 4 nitrogen and oxygen atoms in total. The zero-order valence-electron chi connectivity index (χ0n) is 8.05. The van der Waals surface area contributed by atoms with Crippen LogP contribution in [0.2, 0.25) is 0 Å². The second kappa shape index (κ2) is 3.49. The third-order valence-corrected chi connectivity index (χ3v) is 2.21. The quantitative estimate of drug-likeness (QED) is 0.670. The number of pyridine rings is 1. The van der Waals surface area contributed by atoms with Crippen LogP contribution in [0.25, 0.3) is 11.1 Å². The molecular weight excluding hydrogens is 190 g/mol. The second-order valence-electron chi connectivity index (χ2n) is 3.24. The minimum absolute atomic E-state index is 0.251. The van der Waals surface area contributed by atoms with E-state index in [0.717, 1.165) is 15.8 Å². The smallest absolute Gasteiger partial charge is 0.271 e. The molecule has 4 N–H and O–H groups in total. The molecule has 0 saturated heterocycles. The fourth-order valence-electron chi connectivity index (χ4n) is 1.40. The highest BCUT2D eigenvalue weighted by atomic mass is 16.1. The van der Waals surface area contributed by atoms with Gasteiger partial charge in [-0.2, -0.15) is 0 Å². The van der Waals surface area contributed by atoms with Crippen LogP contribution in [0.15, 0.2) is 47.3 Å². The number of rotatable bonds is 1. The Bertz CT molecular complexity index is 531. The van der Waals surface area contributed by atoms with E-state index < -0.39 is 0 Å². The largest absolute Gasteiger partial charge is 0.384 e. The summed E-state index contributed by atoms with van der Waals surface area (Å²) < 4.78 is 0.923. The van der Waals surface area contributed by atoms with Crippen molar-refractivity contribution in [1.82, 2.24) is 4.68 Å². The summed E-state index contributed by atoms with van der Waals surface area (Å²) in [6, 6.07) is 12.7. The molecule has 1 aromatic carbocycles. The van der Waals surface area contributed by atoms with Crippen molar-refractivity contribution in [3.8, 4) is 11.1 Å². The zero-order valence-corrected chi connectivity index (χ0v) is 8.05. The Hall–Kier alpha value is -2.23. The van der Waals surface area contributed by atoms with E-state index in [1.54, 1.807) is 6.07 Å². The summed E-state index contributed by atoms with van der Waals surface area (Å²) in [5, 5.41) is 0. The van der Waals surface area contributed by atoms with E-state index in [4.69, 9.17) is 11.6 Å². The van der Waals surface area contributed by atoms with Gasteiger partial charge in [0.2, 0.25) is 0 Å². The van der Waals surface area contributed by atoms with Gasteiger partial charge in [0.15, 0.2) is 0 Å². The van der Waals surface area contributed by atoms with E-state index in [0.29, 0.717) is 0 Å². The Morgan fingerprint density at radius 1 is 1.00 bits per heavy atom. The van der Waals surface area contributed by atoms with E-state index in [2.05, 4.69) is 0 Å². The number of hydrogen-bond donors (Lipinski definition) is 2. The van der Waals surface area contributed by atoms with E-state index in [-0.39, 0.29) is 11.4 Å². The summed E-state index contributed by atoms with van der Waals surface area (Å²) in [6.45, 7) is 0. The molecule has 4 heteroatoms. The average molecular weight is 201 g/mol. The van der Waals surface area contributed by atoms with Crippen LogP contribution in [0.4, 0.5) is 5.82 Å². The Kier molecular flexibility index (Phi) is 2.17. The molecule has 0 aliphatic carbocycles. The van der Waals surface area contributed by atoms with Crippen LogP contribution in [0, 0.1) is 0 Å². The standard InChI is InChI=1S/C11H11N3O/c12-10-6-9(7-11(15)14(10)13)8-4-2-1-3-5-8/h1-7H,12-13H2. The predicted molar refractivity (Wildman–Crippen MR) is 60.7 cm³/mol. The number of anilines is 1. The lowest BCUT2D eigenvalue weighted by molar-refractivity contribution is 0.953. The fourth-order valence-corrected chi connectivity index (χ4v) is 1.40. The van der Waals surface area contributed by atoms with Crippen LogP contribution in [-0.2, 0) is 0 Å². The first kappa shape index (κ1) is 9.33. The van der Waals surface area contributed by atoms with Gasteiger partial charge in [-0.15, -0.1) is 0 Å². The van der Waals surface area contributed by atoms with Crippen molar-refractivity contribution in [2.75, 3.05) is 11.6 Å². The van der Waals surface area contributed by atoms with Gasteiger partial charge in [-0.05, 0) is 17.2 Å². The Morgan fingerprint density at radius 2 is 1.67 bits per heavy atom. The molecule has 1 heterocycles. The highest BCUT2D eigenvalue weighted by Gasteiger charge is 2.02. The molecule has 0 atom stereocenters. The zero-order chi connectivity index (χ0) is 10.8. The maximum atomic E-state index is 11.4. The predicted octanol–water partition coefficient (Wildman–Crippen LogP) is 0.811. The summed E-state index contributed by atoms with van der Waals surface area (Å²) >= 11 is 0. The van der Waals surface area contributed by atoms with Gasteiger partial charge >= 0.3 is 0 Å². The minimum Gasteiger partial charge on any atom is -0.384 e. The van der Waals surface area contributed by atoms with Gasteiger partial charge in [0.05, 0.1) is 0 Å². The van der Waals surface area contributed by atoms with Gasteiger partial charge in [0, 0.05) is 6.07 Å². The molecule has 0 bridgehead atoms. The molecular formula is C11H11N3O. The number of hydrogen-bond acceptors (Lipinski definition) is 3. The molecule has 0 amide bonds. The first-order valence-corrected chi connectivity index (χ1v) is 4.51. The number of nitrogens with zero attached hydrogens (tertiary/aromatic N) is 1. The van der Waals surface area contributed by atoms with Gasteiger partial charge in [0.25, 0.3) is 5.56 Å². The van der Waals surface area contributed by atoms with Gasteiger partial charge in [-0.25, -0.2) is 4.68 Å². The first-order valence-electron chi connectivity index (χ1n) is 4.51. The molecule has 76 valence electrons. The van der Waals surface area contributed by atoms with Crippen molar-refractivity contribution >= 4 is 5.82 Å². The molecule has 2 aromatic rings. The Balaban J connectivity index is 2.61. The normalized spacial score (nSPS) is 10.1. The van der Waals surface area contributed by atoms with E-state index in [9.17, 15) is 4.79 Å². The summed E-state index contributed by atoms with van der Waals surface area (Å²) in [5.41, 5.74) is 7.01. The second-order valence-corrected chi connectivity index (χ2v) is 3.24. The SMILES string of the molecule is Nc1cc(-c2ccccc2)cc(=O)n1N. The van der Waals surface area contributed by atoms with Gasteiger partial charge in [-0.3, -0.25) is 4.79 Å². The minimum atomic E-state index is -0.311. The molecule has 0 radical (unpaired) electrons. The topological polar surface area (TPSA) is 74.0 Å². The van der Waals surface area contributed by atoms with Crippen molar-refractivity contribution in [1.29, 1.82) is 0 Å². The highest BCUT2D eigenvalue weighted by Crippen LogP contribution is 2.18. The summed E-state index contributed by atoms with van der Waals surface area (Å²) in [5.74, 6) is 5.66. The number of aromatic nitrogens is 1. The fraction of sp³-hybridized carbons (Fsp3) is 0. The van der Waals surface area contributed by atoms with Crippen LogP contribution in [-0.4, -0.2) is 4.68 Å². The number of nitrogens with two attached hydrogens (primary N) is 2. The van der Waals surface area contributed by atoms with Crippen LogP contribution in [0.1, 0.15) is 0 Å². The van der Waals surface area contributed by atoms with Crippen molar-refractivity contribution in [3.63, 3.8) is 0 Å². The maximum absolute atomic E-state index is 11.4. The molecule has 0 spiro atoms. The van der Waals surface area contributed by atoms with Gasteiger partial charge in [-0.1, -0.05) is 30.3 Å². The molecule has 0 aliphatic rings. The monoisotopic (exact) mass is 201 g/mol. The lowest BCUT2D eigenvalue weighted by Crippen LogP contribution is -2.28. The van der Waals surface area contributed by atoms with Crippen molar-refractivity contribution in [3.05, 3.63) is 52.8 Å². The van der Waals surface area contributed by atoms with Crippen LogP contribution >= 0.6 is 0 Å². The molecule has 2 rings (SSSR count). The lowest BCUT2D eigenvalue weighted by atomic mass is 10.1. The molecule has 0 saturated carbocycles. The van der Waals surface area contributed by atoms with E-state index in [1.807, 2.05) is 30.3 Å². The molecule has 0 unspecified atom stereocenters. The average Bonchev–Trinajstić information content (AvgIpc) is 2.26. The molecule has 0 fully saturated rings. The van der Waals surface area contributed by atoms with E-state index in [1.165, 1.54) is 6.07 Å². The van der Waals surface area contributed by atoms with Crippen molar-refractivity contribution < 1.29 is 0 Å². The van der Waals surface area contributed by atoms with E-state index >= 15 is 0 Å². The van der Waals surface area contributed by atoms with Gasteiger partial charge < -0.3 is 11.6 Å². The Labute approximate surface area is 86.7 Å². The van der Waals surface area contributed by atoms with Crippen LogP contribution < -0.4 is 17.1 Å². The Morgan fingerprint density at radius 3 is 2.27 bits per heavy atom. The summed E-state index contributed by atoms with van der Waals surface area (Å²) in [4.78, 5) is 11.4. The van der Waals surface area contributed by atoms with Gasteiger partial charge in [0.1, 0.15) is 5.82 Å². The van der Waals surface area contributed by atoms with Crippen LogP contribution in [0.5, 0.6) is 0 Å². The van der Waals surface area contributed by atoms with Crippen molar-refractivity contribution in [2.45, 2.75) is 0 Å². The van der Waals surface area contributed by atoms with Crippen LogP contribution in [0.3, 0.4) is 0 Å².